The highest BCUT2D eigenvalue weighted by Crippen LogP contribution is 2.35. The molecule has 12 heteroatoms. The lowest BCUT2D eigenvalue weighted by Crippen LogP contribution is -2.22. The molecular formula is C21H17F3N4O5. The molecule has 1 atom stereocenters. The minimum Gasteiger partial charge on any atom is -0.497 e. The molecule has 1 saturated heterocycles. The Bertz CT molecular complexity index is 1270. The zero-order chi connectivity index (χ0) is 23.9. The molecule has 4 amide bonds. The third-order valence-corrected chi connectivity index (χ3v) is 5.09. The minimum absolute atomic E-state index is 0.0590. The van der Waals surface area contributed by atoms with Crippen LogP contribution in [0.15, 0.2) is 40.9 Å². The van der Waals surface area contributed by atoms with Crippen LogP contribution in [0.5, 0.6) is 5.75 Å². The van der Waals surface area contributed by atoms with Crippen LogP contribution in [0.4, 0.5) is 18.0 Å². The van der Waals surface area contributed by atoms with Gasteiger partial charge >= 0.3 is 12.2 Å². The molecule has 1 fully saturated rings. The maximum absolute atomic E-state index is 12.8. The number of benzene rings is 1. The topological polar surface area (TPSA) is 114 Å². The Balaban J connectivity index is 0.000000172. The van der Waals surface area contributed by atoms with E-state index >= 15 is 0 Å². The van der Waals surface area contributed by atoms with E-state index in [2.05, 4.69) is 10.3 Å². The number of fused-ring (bicyclic) bond motifs is 2. The monoisotopic (exact) mass is 462 g/mol. The van der Waals surface area contributed by atoms with Crippen molar-refractivity contribution in [2.45, 2.75) is 18.8 Å². The first-order valence-electron chi connectivity index (χ1n) is 9.58. The highest BCUT2D eigenvalue weighted by atomic mass is 19.4. The summed E-state index contributed by atoms with van der Waals surface area (Å²) in [6.45, 7) is 0.707. The van der Waals surface area contributed by atoms with E-state index in [-0.39, 0.29) is 22.6 Å². The maximum Gasteiger partial charge on any atom is 0.434 e. The number of carbonyl (C=O) groups is 3. The number of hydrogen-bond acceptors (Lipinski definition) is 6. The summed E-state index contributed by atoms with van der Waals surface area (Å²) >= 11 is 0. The number of nitrogens with zero attached hydrogens (tertiary/aromatic N) is 2. The van der Waals surface area contributed by atoms with E-state index in [0.717, 1.165) is 29.1 Å². The molecule has 33 heavy (non-hydrogen) atoms. The number of pyridine rings is 1. The molecule has 5 rings (SSSR count). The normalized spacial score (nSPS) is 17.4. The molecule has 3 aromatic rings. The number of urea groups is 1. The first-order chi connectivity index (χ1) is 15.6. The number of carbonyl (C=O) groups excluding carboxylic acids is 3. The van der Waals surface area contributed by atoms with Gasteiger partial charge in [-0.2, -0.15) is 13.2 Å². The number of amides is 4. The Morgan fingerprint density at radius 2 is 1.94 bits per heavy atom. The molecule has 0 saturated carbocycles. The van der Waals surface area contributed by atoms with E-state index in [1.807, 2.05) is 17.4 Å². The van der Waals surface area contributed by atoms with E-state index < -0.39 is 29.9 Å². The Morgan fingerprint density at radius 3 is 2.58 bits per heavy atom. The van der Waals surface area contributed by atoms with Crippen LogP contribution in [0.2, 0.25) is 0 Å². The summed E-state index contributed by atoms with van der Waals surface area (Å²) in [5.74, 6) is 0.0497. The van der Waals surface area contributed by atoms with Gasteiger partial charge in [-0.15, -0.1) is 0 Å². The number of rotatable bonds is 2. The van der Waals surface area contributed by atoms with Gasteiger partial charge in [0, 0.05) is 25.4 Å². The molecule has 0 spiro atoms. The number of hydrogen-bond donors (Lipinski definition) is 2. The molecule has 0 bridgehead atoms. The molecular weight excluding hydrogens is 445 g/mol. The van der Waals surface area contributed by atoms with Crippen molar-refractivity contribution in [3.63, 3.8) is 0 Å². The van der Waals surface area contributed by atoms with Crippen molar-refractivity contribution < 1.29 is 36.7 Å². The van der Waals surface area contributed by atoms with Crippen molar-refractivity contribution in [1.29, 1.82) is 0 Å². The number of aromatic nitrogens is 1. The summed E-state index contributed by atoms with van der Waals surface area (Å²) in [5, 5.41) is 3.95. The molecule has 1 aromatic carbocycles. The van der Waals surface area contributed by atoms with Crippen LogP contribution in [0.3, 0.4) is 0 Å². The smallest absolute Gasteiger partial charge is 0.434 e. The Kier molecular flexibility index (Phi) is 5.44. The van der Waals surface area contributed by atoms with Crippen molar-refractivity contribution in [2.75, 3.05) is 14.2 Å². The van der Waals surface area contributed by atoms with Gasteiger partial charge < -0.3 is 19.4 Å². The van der Waals surface area contributed by atoms with Gasteiger partial charge in [0.1, 0.15) is 17.1 Å². The third-order valence-electron chi connectivity index (χ3n) is 5.09. The average molecular weight is 462 g/mol. The van der Waals surface area contributed by atoms with Gasteiger partial charge in [-0.1, -0.05) is 6.07 Å². The first kappa shape index (κ1) is 22.1. The predicted molar refractivity (Wildman–Crippen MR) is 107 cm³/mol. The lowest BCUT2D eigenvalue weighted by molar-refractivity contribution is -0.139. The van der Waals surface area contributed by atoms with Crippen molar-refractivity contribution in [2.24, 2.45) is 0 Å². The second-order valence-corrected chi connectivity index (χ2v) is 7.30. The highest BCUT2D eigenvalue weighted by Gasteiger charge is 2.38. The van der Waals surface area contributed by atoms with Crippen LogP contribution >= 0.6 is 0 Å². The molecule has 1 unspecified atom stereocenters. The van der Waals surface area contributed by atoms with E-state index in [9.17, 15) is 27.6 Å². The van der Waals surface area contributed by atoms with Crippen molar-refractivity contribution in [3.05, 3.63) is 59.1 Å². The molecule has 0 radical (unpaired) electrons. The molecule has 2 aromatic heterocycles. The fourth-order valence-electron chi connectivity index (χ4n) is 3.52. The summed E-state index contributed by atoms with van der Waals surface area (Å²) in [5.41, 5.74) is 0.682. The number of nitrogens with one attached hydrogen (secondary N) is 2. The lowest BCUT2D eigenvalue weighted by atomic mass is 10.1. The summed E-state index contributed by atoms with van der Waals surface area (Å²) in [7, 11) is 3.40. The number of methoxy groups -OCH3 is 1. The van der Waals surface area contributed by atoms with Crippen molar-refractivity contribution in [1.82, 2.24) is 20.5 Å². The van der Waals surface area contributed by atoms with Crippen LogP contribution in [-0.2, 0) is 17.5 Å². The van der Waals surface area contributed by atoms with Crippen LogP contribution in [-0.4, -0.2) is 41.9 Å². The predicted octanol–water partition coefficient (Wildman–Crippen LogP) is 3.01. The van der Waals surface area contributed by atoms with E-state index in [1.165, 1.54) is 6.07 Å². The molecule has 2 N–H and O–H groups in total. The number of imide groups is 1. The number of halogens is 3. The summed E-state index contributed by atoms with van der Waals surface area (Å²) < 4.78 is 48.6. The van der Waals surface area contributed by atoms with E-state index in [0.29, 0.717) is 6.54 Å². The average Bonchev–Trinajstić information content (AvgIpc) is 3.42. The quantitative estimate of drug-likeness (QED) is 0.566. The van der Waals surface area contributed by atoms with E-state index in [4.69, 9.17) is 9.15 Å². The summed E-state index contributed by atoms with van der Waals surface area (Å²) in [4.78, 5) is 39.0. The molecule has 4 heterocycles. The lowest BCUT2D eigenvalue weighted by Gasteiger charge is -2.04. The Labute approximate surface area is 184 Å². The van der Waals surface area contributed by atoms with Crippen LogP contribution in [0.25, 0.3) is 11.0 Å². The minimum atomic E-state index is -4.64. The first-order valence-corrected chi connectivity index (χ1v) is 9.58. The standard InChI is InChI=1S/C11H6F3N3O3.C10H11NO2/c12-11(13,14)8-4-3-6(20-5(4)1-2-15-8)7-9(18)17-10(19)16-7;1-11-6-7-3-4-8(13-2)5-9(7)10(11)12/h1-3,7H,(H2,16,17,18,19);3-5H,6H2,1-2H3. The Morgan fingerprint density at radius 1 is 1.18 bits per heavy atom. The zero-order valence-corrected chi connectivity index (χ0v) is 17.3. The van der Waals surface area contributed by atoms with Gasteiger partial charge in [0.2, 0.25) is 0 Å². The molecule has 172 valence electrons. The Hall–Kier alpha value is -4.09. The maximum atomic E-state index is 12.8. The molecule has 2 aliphatic rings. The van der Waals surface area contributed by atoms with Crippen molar-refractivity contribution >= 4 is 28.8 Å². The molecule has 9 nitrogen and oxygen atoms in total. The highest BCUT2D eigenvalue weighted by molar-refractivity contribution is 6.04. The second kappa shape index (κ2) is 8.11. The second-order valence-electron chi connectivity index (χ2n) is 7.30. The van der Waals surface area contributed by atoms with Crippen LogP contribution in [0, 0.1) is 0 Å². The van der Waals surface area contributed by atoms with E-state index in [1.54, 1.807) is 25.1 Å². The fourth-order valence-corrected chi connectivity index (χ4v) is 3.52. The third kappa shape index (κ3) is 4.19. The fraction of sp³-hybridized carbons (Fsp3) is 0.238. The van der Waals surface area contributed by atoms with Gasteiger partial charge in [-0.3, -0.25) is 19.9 Å². The van der Waals surface area contributed by atoms with Gasteiger partial charge in [0.25, 0.3) is 11.8 Å². The number of alkyl halides is 3. The van der Waals surface area contributed by atoms with Gasteiger partial charge in [-0.25, -0.2) is 4.79 Å². The largest absolute Gasteiger partial charge is 0.497 e. The summed E-state index contributed by atoms with van der Waals surface area (Å²) in [6, 6.07) is 6.05. The van der Waals surface area contributed by atoms with Crippen molar-refractivity contribution in [3.8, 4) is 5.75 Å². The number of ether oxygens (including phenoxy) is 1. The summed E-state index contributed by atoms with van der Waals surface area (Å²) in [6.07, 6.45) is -3.67. The zero-order valence-electron chi connectivity index (χ0n) is 17.3. The molecule has 0 aliphatic carbocycles. The van der Waals surface area contributed by atoms with Gasteiger partial charge in [0.15, 0.2) is 11.7 Å². The molecule has 2 aliphatic heterocycles. The number of furan rings is 1. The van der Waals surface area contributed by atoms with Crippen LogP contribution < -0.4 is 15.4 Å². The van der Waals surface area contributed by atoms with Gasteiger partial charge in [0.05, 0.1) is 12.5 Å². The van der Waals surface area contributed by atoms with Crippen LogP contribution in [0.1, 0.15) is 33.4 Å². The van der Waals surface area contributed by atoms with Gasteiger partial charge in [-0.05, 0) is 29.8 Å². The SMILES string of the molecule is COc1ccc2c(c1)C(=O)N(C)C2.O=C1NC(=O)C(c2cc3c(C(F)(F)F)nccc3o2)N1.